The molecule has 18 heavy (non-hydrogen) atoms. The molecule has 0 aliphatic carbocycles. The fraction of sp³-hybridized carbons (Fsp3) is 0.286. The summed E-state index contributed by atoms with van der Waals surface area (Å²) in [5, 5.41) is 2.03. The average molecular weight is 263 g/mol. The fourth-order valence-electron chi connectivity index (χ4n) is 1.70. The first kappa shape index (κ1) is 12.9. The van der Waals surface area contributed by atoms with Crippen molar-refractivity contribution in [3.05, 3.63) is 46.7 Å². The highest BCUT2D eigenvalue weighted by Gasteiger charge is 2.19. The molecule has 4 heteroatoms. The Morgan fingerprint density at radius 2 is 1.94 bits per heavy atom. The molecular weight excluding hydrogens is 246 g/mol. The third kappa shape index (κ3) is 3.03. The molecule has 96 valence electrons. The van der Waals surface area contributed by atoms with Crippen LogP contribution in [0.2, 0.25) is 0 Å². The van der Waals surface area contributed by atoms with Gasteiger partial charge in [0.25, 0.3) is 0 Å². The van der Waals surface area contributed by atoms with Crippen LogP contribution in [0.1, 0.15) is 17.9 Å². The summed E-state index contributed by atoms with van der Waals surface area (Å²) in [5.74, 6) is 1.55. The molecule has 0 saturated carbocycles. The molecule has 2 atom stereocenters. The fourth-order valence-corrected chi connectivity index (χ4v) is 2.57. The molecule has 1 aromatic heterocycles. The van der Waals surface area contributed by atoms with Gasteiger partial charge in [0.2, 0.25) is 0 Å². The quantitative estimate of drug-likeness (QED) is 0.900. The van der Waals surface area contributed by atoms with E-state index in [0.717, 1.165) is 16.4 Å². The number of benzene rings is 1. The first-order valence-electron chi connectivity index (χ1n) is 5.80. The van der Waals surface area contributed by atoms with Gasteiger partial charge in [-0.1, -0.05) is 12.1 Å². The number of thiophene rings is 1. The minimum Gasteiger partial charge on any atom is -0.497 e. The predicted octanol–water partition coefficient (Wildman–Crippen LogP) is 3.22. The number of nitrogens with two attached hydrogens (primary N) is 1. The summed E-state index contributed by atoms with van der Waals surface area (Å²) in [6.07, 6.45) is -0.128. The standard InChI is InChI=1S/C14H17NO2S/c1-10(15)14(13-7-4-8-18-13)17-12-6-3-5-11(9-12)16-2/h3-10,14H,15H2,1-2H3. The molecule has 2 unspecified atom stereocenters. The molecule has 2 N–H and O–H groups in total. The molecule has 2 aromatic rings. The highest BCUT2D eigenvalue weighted by molar-refractivity contribution is 7.10. The van der Waals surface area contributed by atoms with Crippen LogP contribution in [-0.2, 0) is 0 Å². The first-order chi connectivity index (χ1) is 8.70. The van der Waals surface area contributed by atoms with Crippen molar-refractivity contribution in [2.45, 2.75) is 19.1 Å². The predicted molar refractivity (Wildman–Crippen MR) is 74.3 cm³/mol. The third-order valence-corrected chi connectivity index (χ3v) is 3.54. The number of rotatable bonds is 5. The van der Waals surface area contributed by atoms with Crippen molar-refractivity contribution in [3.8, 4) is 11.5 Å². The van der Waals surface area contributed by atoms with Crippen molar-refractivity contribution >= 4 is 11.3 Å². The van der Waals surface area contributed by atoms with Crippen LogP contribution in [0, 0.1) is 0 Å². The molecule has 3 nitrogen and oxygen atoms in total. The van der Waals surface area contributed by atoms with Crippen LogP contribution in [0.4, 0.5) is 0 Å². The Morgan fingerprint density at radius 1 is 1.17 bits per heavy atom. The molecule has 1 heterocycles. The summed E-state index contributed by atoms with van der Waals surface area (Å²) in [6, 6.07) is 11.5. The van der Waals surface area contributed by atoms with Crippen LogP contribution >= 0.6 is 11.3 Å². The highest BCUT2D eigenvalue weighted by atomic mass is 32.1. The van der Waals surface area contributed by atoms with Crippen LogP contribution in [0.5, 0.6) is 11.5 Å². The van der Waals surface area contributed by atoms with Crippen molar-refractivity contribution in [2.75, 3.05) is 7.11 Å². The molecule has 0 aliphatic heterocycles. The second-order valence-electron chi connectivity index (χ2n) is 4.09. The van der Waals surface area contributed by atoms with Gasteiger partial charge in [-0.05, 0) is 30.5 Å². The van der Waals surface area contributed by atoms with E-state index in [1.54, 1.807) is 18.4 Å². The topological polar surface area (TPSA) is 44.5 Å². The normalized spacial score (nSPS) is 13.9. The van der Waals surface area contributed by atoms with E-state index in [0.29, 0.717) is 0 Å². The highest BCUT2D eigenvalue weighted by Crippen LogP contribution is 2.29. The van der Waals surface area contributed by atoms with Crippen molar-refractivity contribution in [1.82, 2.24) is 0 Å². The van der Waals surface area contributed by atoms with Crippen LogP contribution < -0.4 is 15.2 Å². The van der Waals surface area contributed by atoms with E-state index in [2.05, 4.69) is 0 Å². The smallest absolute Gasteiger partial charge is 0.148 e. The van der Waals surface area contributed by atoms with Crippen LogP contribution in [0.3, 0.4) is 0 Å². The van der Waals surface area contributed by atoms with Gasteiger partial charge in [0.05, 0.1) is 7.11 Å². The Labute approximate surface area is 111 Å². The summed E-state index contributed by atoms with van der Waals surface area (Å²) < 4.78 is 11.1. The zero-order chi connectivity index (χ0) is 13.0. The van der Waals surface area contributed by atoms with E-state index in [4.69, 9.17) is 15.2 Å². The lowest BCUT2D eigenvalue weighted by Gasteiger charge is -2.21. The maximum absolute atomic E-state index is 6.00. The molecule has 1 aromatic carbocycles. The second kappa shape index (κ2) is 5.89. The Bertz CT molecular complexity index is 482. The first-order valence-corrected chi connectivity index (χ1v) is 6.68. The van der Waals surface area contributed by atoms with Crippen LogP contribution in [0.15, 0.2) is 41.8 Å². The van der Waals surface area contributed by atoms with Crippen molar-refractivity contribution < 1.29 is 9.47 Å². The summed E-state index contributed by atoms with van der Waals surface area (Å²) in [4.78, 5) is 1.13. The molecular formula is C14H17NO2S. The van der Waals surface area contributed by atoms with Crippen molar-refractivity contribution in [3.63, 3.8) is 0 Å². The lowest BCUT2D eigenvalue weighted by atomic mass is 10.1. The maximum atomic E-state index is 6.00. The molecule has 0 aliphatic rings. The largest absolute Gasteiger partial charge is 0.497 e. The monoisotopic (exact) mass is 263 g/mol. The van der Waals surface area contributed by atoms with E-state index in [-0.39, 0.29) is 12.1 Å². The molecule has 2 rings (SSSR count). The Morgan fingerprint density at radius 3 is 2.56 bits per heavy atom. The lowest BCUT2D eigenvalue weighted by Crippen LogP contribution is -2.28. The minimum absolute atomic E-state index is 0.0742. The van der Waals surface area contributed by atoms with Gasteiger partial charge < -0.3 is 15.2 Å². The minimum atomic E-state index is -0.128. The zero-order valence-corrected chi connectivity index (χ0v) is 11.3. The second-order valence-corrected chi connectivity index (χ2v) is 5.07. The molecule has 0 amide bonds. The van der Waals surface area contributed by atoms with E-state index in [1.807, 2.05) is 48.7 Å². The van der Waals surface area contributed by atoms with Crippen LogP contribution in [0.25, 0.3) is 0 Å². The van der Waals surface area contributed by atoms with E-state index >= 15 is 0 Å². The van der Waals surface area contributed by atoms with Crippen LogP contribution in [-0.4, -0.2) is 13.2 Å². The number of hydrogen-bond donors (Lipinski definition) is 1. The molecule has 0 bridgehead atoms. The molecule has 0 fully saturated rings. The summed E-state index contributed by atoms with van der Waals surface area (Å²) >= 11 is 1.65. The Balaban J connectivity index is 2.18. The Kier molecular flexibility index (Phi) is 4.23. The Hall–Kier alpha value is -1.52. The lowest BCUT2D eigenvalue weighted by molar-refractivity contribution is 0.183. The van der Waals surface area contributed by atoms with Gasteiger partial charge >= 0.3 is 0 Å². The third-order valence-electron chi connectivity index (χ3n) is 2.61. The number of ether oxygens (including phenoxy) is 2. The van der Waals surface area contributed by atoms with Gasteiger partial charge in [-0.3, -0.25) is 0 Å². The van der Waals surface area contributed by atoms with Gasteiger partial charge in [-0.15, -0.1) is 11.3 Å². The maximum Gasteiger partial charge on any atom is 0.148 e. The van der Waals surface area contributed by atoms with Gasteiger partial charge in [0, 0.05) is 17.0 Å². The van der Waals surface area contributed by atoms with Gasteiger partial charge in [-0.25, -0.2) is 0 Å². The van der Waals surface area contributed by atoms with Gasteiger partial charge in [-0.2, -0.15) is 0 Å². The average Bonchev–Trinajstić information content (AvgIpc) is 2.89. The summed E-state index contributed by atoms with van der Waals surface area (Å²) in [6.45, 7) is 1.95. The SMILES string of the molecule is COc1cccc(OC(c2cccs2)C(C)N)c1. The van der Waals surface area contributed by atoms with Crippen molar-refractivity contribution in [1.29, 1.82) is 0 Å². The molecule has 0 spiro atoms. The number of methoxy groups -OCH3 is 1. The van der Waals surface area contributed by atoms with Gasteiger partial charge in [0.15, 0.2) is 0 Å². The molecule has 0 radical (unpaired) electrons. The zero-order valence-electron chi connectivity index (χ0n) is 10.5. The van der Waals surface area contributed by atoms with E-state index in [1.165, 1.54) is 0 Å². The molecule has 0 saturated heterocycles. The number of hydrogen-bond acceptors (Lipinski definition) is 4. The summed E-state index contributed by atoms with van der Waals surface area (Å²) in [7, 11) is 1.64. The summed E-state index contributed by atoms with van der Waals surface area (Å²) in [5.41, 5.74) is 6.00. The van der Waals surface area contributed by atoms with E-state index in [9.17, 15) is 0 Å². The van der Waals surface area contributed by atoms with Crippen molar-refractivity contribution in [2.24, 2.45) is 5.73 Å². The van der Waals surface area contributed by atoms with Gasteiger partial charge in [0.1, 0.15) is 17.6 Å². The van der Waals surface area contributed by atoms with E-state index < -0.39 is 0 Å².